The second-order valence-electron chi connectivity index (χ2n) is 7.04. The van der Waals surface area contributed by atoms with Crippen LogP contribution in [0.4, 0.5) is 0 Å². The van der Waals surface area contributed by atoms with Crippen molar-refractivity contribution < 1.29 is 8.42 Å². The SMILES string of the molecule is CC(C)(C)NCC1(CCS(C)(=O)=O)CCCCC1. The first-order valence-corrected chi connectivity index (χ1v) is 9.11. The second-order valence-corrected chi connectivity index (χ2v) is 9.30. The first-order valence-electron chi connectivity index (χ1n) is 7.05. The molecule has 0 radical (unpaired) electrons. The van der Waals surface area contributed by atoms with Gasteiger partial charge < -0.3 is 5.32 Å². The molecular formula is C14H29NO2S. The fraction of sp³-hybridized carbons (Fsp3) is 1.00. The van der Waals surface area contributed by atoms with E-state index in [4.69, 9.17) is 0 Å². The molecule has 0 unspecified atom stereocenters. The lowest BCUT2D eigenvalue weighted by Crippen LogP contribution is -2.45. The van der Waals surface area contributed by atoms with Gasteiger partial charge in [-0.05, 0) is 45.4 Å². The Labute approximate surface area is 113 Å². The molecule has 0 aromatic rings. The molecule has 1 saturated carbocycles. The smallest absolute Gasteiger partial charge is 0.147 e. The number of hydrogen-bond donors (Lipinski definition) is 1. The summed E-state index contributed by atoms with van der Waals surface area (Å²) in [6, 6.07) is 0. The fourth-order valence-electron chi connectivity index (χ4n) is 2.67. The van der Waals surface area contributed by atoms with Crippen LogP contribution in [0.1, 0.15) is 59.3 Å². The molecule has 0 aromatic heterocycles. The van der Waals surface area contributed by atoms with Crippen LogP contribution in [0, 0.1) is 5.41 Å². The number of hydrogen-bond acceptors (Lipinski definition) is 3. The summed E-state index contributed by atoms with van der Waals surface area (Å²) in [5, 5.41) is 3.57. The summed E-state index contributed by atoms with van der Waals surface area (Å²) in [6.07, 6.45) is 8.30. The van der Waals surface area contributed by atoms with Crippen molar-refractivity contribution >= 4 is 9.84 Å². The predicted octanol–water partition coefficient (Wildman–Crippen LogP) is 2.76. The third-order valence-corrected chi connectivity index (χ3v) is 4.86. The minimum Gasteiger partial charge on any atom is -0.312 e. The van der Waals surface area contributed by atoms with E-state index in [1.54, 1.807) is 0 Å². The average molecular weight is 275 g/mol. The Balaban J connectivity index is 2.63. The summed E-state index contributed by atoms with van der Waals surface area (Å²) in [7, 11) is -2.84. The Kier molecular flexibility index (Phi) is 5.24. The van der Waals surface area contributed by atoms with Crippen LogP contribution in [-0.4, -0.2) is 32.5 Å². The Bertz CT molecular complexity index is 348. The minimum absolute atomic E-state index is 0.107. The molecule has 0 bridgehead atoms. The van der Waals surface area contributed by atoms with Crippen molar-refractivity contribution in [2.45, 2.75) is 64.8 Å². The van der Waals surface area contributed by atoms with Crippen molar-refractivity contribution in [3.8, 4) is 0 Å². The van der Waals surface area contributed by atoms with E-state index in [1.165, 1.54) is 38.4 Å². The van der Waals surface area contributed by atoms with Gasteiger partial charge in [0.1, 0.15) is 9.84 Å². The average Bonchev–Trinajstić information content (AvgIpc) is 2.24. The van der Waals surface area contributed by atoms with Crippen LogP contribution in [-0.2, 0) is 9.84 Å². The molecule has 0 heterocycles. The maximum Gasteiger partial charge on any atom is 0.147 e. The van der Waals surface area contributed by atoms with Gasteiger partial charge in [-0.1, -0.05) is 19.3 Å². The van der Waals surface area contributed by atoms with E-state index < -0.39 is 9.84 Å². The number of rotatable bonds is 5. The highest BCUT2D eigenvalue weighted by Crippen LogP contribution is 2.39. The molecule has 0 aliphatic heterocycles. The molecule has 1 N–H and O–H groups in total. The van der Waals surface area contributed by atoms with E-state index >= 15 is 0 Å². The highest BCUT2D eigenvalue weighted by molar-refractivity contribution is 7.90. The summed E-state index contributed by atoms with van der Waals surface area (Å²) in [4.78, 5) is 0. The standard InChI is InChI=1S/C14H29NO2S/c1-13(2,3)15-12-14(8-6-5-7-9-14)10-11-18(4,16)17/h15H,5-12H2,1-4H3. The molecule has 108 valence electrons. The molecule has 1 aliphatic rings. The van der Waals surface area contributed by atoms with Crippen molar-refractivity contribution in [2.24, 2.45) is 5.41 Å². The Morgan fingerprint density at radius 2 is 1.67 bits per heavy atom. The summed E-state index contributed by atoms with van der Waals surface area (Å²) in [5.74, 6) is 0.332. The molecular weight excluding hydrogens is 246 g/mol. The van der Waals surface area contributed by atoms with E-state index in [0.29, 0.717) is 5.75 Å². The molecule has 18 heavy (non-hydrogen) atoms. The Hall–Kier alpha value is -0.0900. The maximum atomic E-state index is 11.4. The van der Waals surface area contributed by atoms with E-state index in [9.17, 15) is 8.42 Å². The fourth-order valence-corrected chi connectivity index (χ4v) is 3.48. The predicted molar refractivity (Wildman–Crippen MR) is 77.6 cm³/mol. The van der Waals surface area contributed by atoms with Gasteiger partial charge in [0.2, 0.25) is 0 Å². The summed E-state index contributed by atoms with van der Waals surface area (Å²) < 4.78 is 22.8. The molecule has 0 aromatic carbocycles. The maximum absolute atomic E-state index is 11.4. The van der Waals surface area contributed by atoms with Gasteiger partial charge in [-0.25, -0.2) is 8.42 Å². The van der Waals surface area contributed by atoms with Crippen molar-refractivity contribution in [1.29, 1.82) is 0 Å². The van der Waals surface area contributed by atoms with Crippen molar-refractivity contribution in [1.82, 2.24) is 5.32 Å². The molecule has 0 saturated heterocycles. The third-order valence-electron chi connectivity index (χ3n) is 3.91. The second kappa shape index (κ2) is 5.91. The molecule has 1 rings (SSSR count). The van der Waals surface area contributed by atoms with Gasteiger partial charge >= 0.3 is 0 Å². The molecule has 1 fully saturated rings. The lowest BCUT2D eigenvalue weighted by molar-refractivity contribution is 0.160. The molecule has 1 aliphatic carbocycles. The van der Waals surface area contributed by atoms with Crippen LogP contribution < -0.4 is 5.32 Å². The lowest BCUT2D eigenvalue weighted by atomic mass is 9.72. The van der Waals surface area contributed by atoms with Crippen molar-refractivity contribution in [3.63, 3.8) is 0 Å². The van der Waals surface area contributed by atoms with Gasteiger partial charge in [-0.15, -0.1) is 0 Å². The topological polar surface area (TPSA) is 46.2 Å². The monoisotopic (exact) mass is 275 g/mol. The third kappa shape index (κ3) is 6.19. The zero-order valence-corrected chi connectivity index (χ0v) is 13.2. The minimum atomic E-state index is -2.84. The van der Waals surface area contributed by atoms with Crippen LogP contribution in [0.3, 0.4) is 0 Å². The highest BCUT2D eigenvalue weighted by Gasteiger charge is 2.33. The van der Waals surface area contributed by atoms with Crippen LogP contribution in [0.25, 0.3) is 0 Å². The molecule has 4 heteroatoms. The number of sulfone groups is 1. The zero-order chi connectivity index (χ0) is 13.9. The molecule has 0 atom stereocenters. The van der Waals surface area contributed by atoms with Crippen LogP contribution >= 0.6 is 0 Å². The quantitative estimate of drug-likeness (QED) is 0.839. The van der Waals surface area contributed by atoms with Crippen molar-refractivity contribution in [3.05, 3.63) is 0 Å². The van der Waals surface area contributed by atoms with E-state index in [2.05, 4.69) is 26.1 Å². The highest BCUT2D eigenvalue weighted by atomic mass is 32.2. The summed E-state index contributed by atoms with van der Waals surface area (Å²) in [5.41, 5.74) is 0.310. The summed E-state index contributed by atoms with van der Waals surface area (Å²) >= 11 is 0. The lowest BCUT2D eigenvalue weighted by Gasteiger charge is -2.39. The number of nitrogens with one attached hydrogen (secondary N) is 1. The Morgan fingerprint density at radius 1 is 1.11 bits per heavy atom. The van der Waals surface area contributed by atoms with Gasteiger partial charge in [0.05, 0.1) is 5.75 Å². The van der Waals surface area contributed by atoms with E-state index in [1.807, 2.05) is 0 Å². The van der Waals surface area contributed by atoms with Crippen molar-refractivity contribution in [2.75, 3.05) is 18.6 Å². The van der Waals surface area contributed by atoms with Crippen LogP contribution in [0.5, 0.6) is 0 Å². The van der Waals surface area contributed by atoms with Crippen LogP contribution in [0.15, 0.2) is 0 Å². The Morgan fingerprint density at radius 3 is 2.11 bits per heavy atom. The largest absolute Gasteiger partial charge is 0.312 e. The van der Waals surface area contributed by atoms with Gasteiger partial charge in [0, 0.05) is 18.3 Å². The van der Waals surface area contributed by atoms with Gasteiger partial charge in [0.25, 0.3) is 0 Å². The normalized spacial score (nSPS) is 20.9. The zero-order valence-electron chi connectivity index (χ0n) is 12.4. The van der Waals surface area contributed by atoms with Crippen LogP contribution in [0.2, 0.25) is 0 Å². The molecule has 3 nitrogen and oxygen atoms in total. The molecule has 0 amide bonds. The molecule has 0 spiro atoms. The van der Waals surface area contributed by atoms with E-state index in [0.717, 1.165) is 13.0 Å². The first-order chi connectivity index (χ1) is 8.12. The van der Waals surface area contributed by atoms with Gasteiger partial charge in [-0.3, -0.25) is 0 Å². The summed E-state index contributed by atoms with van der Waals surface area (Å²) in [6.45, 7) is 7.45. The van der Waals surface area contributed by atoms with E-state index in [-0.39, 0.29) is 11.0 Å². The van der Waals surface area contributed by atoms with Gasteiger partial charge in [-0.2, -0.15) is 0 Å². The first kappa shape index (κ1) is 16.0. The van der Waals surface area contributed by atoms with Gasteiger partial charge in [0.15, 0.2) is 0 Å².